The monoisotopic (exact) mass is 728 g/mol. The van der Waals surface area contributed by atoms with E-state index in [-0.39, 0.29) is 24.5 Å². The fraction of sp³-hybridized carbons (Fsp3) is 0.308. The summed E-state index contributed by atoms with van der Waals surface area (Å²) in [6, 6.07) is 24.5. The van der Waals surface area contributed by atoms with Crippen molar-refractivity contribution in [2.75, 3.05) is 43.4 Å². The number of nitrogens with zero attached hydrogens (tertiary/aromatic N) is 3. The molecule has 0 spiro atoms. The van der Waals surface area contributed by atoms with Gasteiger partial charge in [-0.1, -0.05) is 62.7 Å². The lowest BCUT2D eigenvalue weighted by Gasteiger charge is -2.28. The summed E-state index contributed by atoms with van der Waals surface area (Å²) in [6.45, 7) is 12.1. The van der Waals surface area contributed by atoms with E-state index in [9.17, 15) is 14.4 Å². The molecule has 5 aromatic rings. The molecule has 3 aromatic carbocycles. The van der Waals surface area contributed by atoms with Crippen LogP contribution in [-0.4, -0.2) is 59.4 Å². The van der Waals surface area contributed by atoms with Crippen LogP contribution in [0.3, 0.4) is 0 Å². The Kier molecular flexibility index (Phi) is 13.1. The molecule has 12 nitrogen and oxygen atoms in total. The molecule has 0 aliphatic rings. The molecule has 0 radical (unpaired) electrons. The van der Waals surface area contributed by atoms with E-state index >= 15 is 0 Å². The van der Waals surface area contributed by atoms with Crippen molar-refractivity contribution >= 4 is 56.9 Å². The molecule has 0 saturated heterocycles. The minimum atomic E-state index is -0.780. The maximum atomic E-state index is 13.4. The second-order valence-electron chi connectivity index (χ2n) is 13.5. The number of aromatic nitrogens is 3. The number of pyridine rings is 1. The van der Waals surface area contributed by atoms with Crippen LogP contribution < -0.4 is 20.7 Å². The standard InChI is InChI=1S/C36H40N6O4.C3H5ClO2/c1-23-12-14-25(15-13-23)42-32(21-30(41-42)35(2,3)4)40-34(44)38-28-16-17-29(27-11-9-8-10-26(27)28)46-36(5,6)24-18-19-37-31(20-24)39-33(43)22-45-7;1-6-2-3(4)5/h8-21H,22H2,1-7H3,(H,37,39,43)(H2,38,40,44);2H2,1H3. The van der Waals surface area contributed by atoms with Crippen molar-refractivity contribution in [1.29, 1.82) is 0 Å². The second-order valence-corrected chi connectivity index (χ2v) is 13.9. The lowest BCUT2D eigenvalue weighted by molar-refractivity contribution is -0.119. The maximum absolute atomic E-state index is 13.4. The molecule has 5 rings (SSSR count). The highest BCUT2D eigenvalue weighted by Crippen LogP contribution is 2.37. The minimum absolute atomic E-state index is 0.00154. The van der Waals surface area contributed by atoms with E-state index in [2.05, 4.69) is 46.4 Å². The number of halogens is 1. The van der Waals surface area contributed by atoms with Crippen molar-refractivity contribution in [2.24, 2.45) is 0 Å². The second kappa shape index (κ2) is 17.3. The van der Waals surface area contributed by atoms with E-state index in [1.165, 1.54) is 14.2 Å². The number of rotatable bonds is 11. The highest BCUT2D eigenvalue weighted by molar-refractivity contribution is 6.63. The van der Waals surface area contributed by atoms with Crippen LogP contribution in [0.15, 0.2) is 85.1 Å². The first-order chi connectivity index (χ1) is 24.6. The molecule has 3 amide bonds. The van der Waals surface area contributed by atoms with Crippen molar-refractivity contribution < 1.29 is 28.6 Å². The van der Waals surface area contributed by atoms with Gasteiger partial charge in [0.1, 0.15) is 36.2 Å². The molecule has 0 unspecified atom stereocenters. The molecule has 13 heteroatoms. The predicted molar refractivity (Wildman–Crippen MR) is 205 cm³/mol. The number of hydrogen-bond donors (Lipinski definition) is 3. The summed E-state index contributed by atoms with van der Waals surface area (Å²) in [5, 5.41) is 14.8. The number of carbonyl (C=O) groups is 3. The summed E-state index contributed by atoms with van der Waals surface area (Å²) in [4.78, 5) is 39.4. The molecule has 274 valence electrons. The SMILES string of the molecule is COCC(=O)Cl.COCC(=O)Nc1cc(C(C)(C)Oc2ccc(NC(=O)Nc3cc(C(C)(C)C)nn3-c3ccc(C)cc3)c3ccccc23)ccn1. The predicted octanol–water partition coefficient (Wildman–Crippen LogP) is 7.97. The van der Waals surface area contributed by atoms with Crippen LogP contribution in [0.25, 0.3) is 16.5 Å². The zero-order chi connectivity index (χ0) is 38.1. The van der Waals surface area contributed by atoms with Crippen molar-refractivity contribution in [1.82, 2.24) is 14.8 Å². The van der Waals surface area contributed by atoms with E-state index in [0.29, 0.717) is 23.1 Å². The van der Waals surface area contributed by atoms with Crippen molar-refractivity contribution in [3.05, 3.63) is 102 Å². The molecule has 0 saturated carbocycles. The van der Waals surface area contributed by atoms with E-state index < -0.39 is 16.9 Å². The van der Waals surface area contributed by atoms with Crippen LogP contribution >= 0.6 is 11.6 Å². The van der Waals surface area contributed by atoms with Crippen LogP contribution in [0.2, 0.25) is 0 Å². The van der Waals surface area contributed by atoms with Gasteiger partial charge in [0.15, 0.2) is 0 Å². The molecule has 52 heavy (non-hydrogen) atoms. The van der Waals surface area contributed by atoms with Gasteiger partial charge in [0.25, 0.3) is 5.91 Å². The van der Waals surface area contributed by atoms with Crippen LogP contribution in [0.1, 0.15) is 51.4 Å². The average molecular weight is 729 g/mol. The van der Waals surface area contributed by atoms with Gasteiger partial charge >= 0.3 is 6.03 Å². The number of methoxy groups -OCH3 is 2. The van der Waals surface area contributed by atoms with Gasteiger partial charge in [-0.15, -0.1) is 0 Å². The number of fused-ring (bicyclic) bond motifs is 1. The smallest absolute Gasteiger partial charge is 0.324 e. The first-order valence-electron chi connectivity index (χ1n) is 16.5. The topological polar surface area (TPSA) is 146 Å². The van der Waals surface area contributed by atoms with E-state index in [1.54, 1.807) is 16.9 Å². The molecule has 0 atom stereocenters. The normalized spacial score (nSPS) is 11.3. The fourth-order valence-electron chi connectivity index (χ4n) is 5.09. The molecule has 0 fully saturated rings. The van der Waals surface area contributed by atoms with Crippen LogP contribution in [0.4, 0.5) is 22.1 Å². The first kappa shape index (κ1) is 39.5. The fourth-order valence-corrected chi connectivity index (χ4v) is 5.20. The van der Waals surface area contributed by atoms with E-state index in [1.807, 2.05) is 93.6 Å². The summed E-state index contributed by atoms with van der Waals surface area (Å²) < 4.78 is 17.5. The van der Waals surface area contributed by atoms with Gasteiger partial charge in [-0.25, -0.2) is 14.5 Å². The van der Waals surface area contributed by atoms with Gasteiger partial charge in [0, 0.05) is 42.7 Å². The molecular weight excluding hydrogens is 684 g/mol. The zero-order valence-corrected chi connectivity index (χ0v) is 31.4. The molecule has 0 aliphatic heterocycles. The van der Waals surface area contributed by atoms with Crippen molar-refractivity contribution in [2.45, 2.75) is 52.6 Å². The minimum Gasteiger partial charge on any atom is -0.483 e. The number of ether oxygens (including phenoxy) is 3. The van der Waals surface area contributed by atoms with Gasteiger partial charge in [0.2, 0.25) is 5.24 Å². The van der Waals surface area contributed by atoms with Crippen molar-refractivity contribution in [3.63, 3.8) is 0 Å². The van der Waals surface area contributed by atoms with E-state index in [4.69, 9.17) is 26.2 Å². The summed E-state index contributed by atoms with van der Waals surface area (Å²) in [5.74, 6) is 1.32. The van der Waals surface area contributed by atoms with E-state index in [0.717, 1.165) is 33.3 Å². The number of aryl methyl sites for hydroxylation is 1. The van der Waals surface area contributed by atoms with Crippen molar-refractivity contribution in [3.8, 4) is 11.4 Å². The lowest BCUT2D eigenvalue weighted by Crippen LogP contribution is -2.26. The first-order valence-corrected chi connectivity index (χ1v) is 16.9. The maximum Gasteiger partial charge on any atom is 0.324 e. The van der Waals surface area contributed by atoms with Gasteiger partial charge in [-0.05, 0) is 74.3 Å². The molecule has 2 heterocycles. The van der Waals surface area contributed by atoms with Crippen LogP contribution in [0.5, 0.6) is 5.75 Å². The summed E-state index contributed by atoms with van der Waals surface area (Å²) in [7, 11) is 2.88. The molecule has 2 aromatic heterocycles. The Balaban J connectivity index is 0.000000929. The summed E-state index contributed by atoms with van der Waals surface area (Å²) >= 11 is 4.81. The highest BCUT2D eigenvalue weighted by atomic mass is 35.5. The third-order valence-electron chi connectivity index (χ3n) is 7.75. The third-order valence-corrected chi connectivity index (χ3v) is 7.86. The number of urea groups is 1. The molecule has 0 aliphatic carbocycles. The zero-order valence-electron chi connectivity index (χ0n) is 30.7. The molecular formula is C39H45ClN6O6. The average Bonchev–Trinajstić information content (AvgIpc) is 3.51. The van der Waals surface area contributed by atoms with Gasteiger partial charge in [-0.3, -0.25) is 14.9 Å². The number of carbonyl (C=O) groups excluding carboxylic acids is 3. The number of benzene rings is 3. The summed E-state index contributed by atoms with van der Waals surface area (Å²) in [5.41, 5.74) is 3.31. The Labute approximate surface area is 308 Å². The third kappa shape index (κ3) is 10.6. The summed E-state index contributed by atoms with van der Waals surface area (Å²) in [6.07, 6.45) is 1.63. The number of anilines is 3. The van der Waals surface area contributed by atoms with Gasteiger partial charge in [-0.2, -0.15) is 5.10 Å². The number of hydrogen-bond acceptors (Lipinski definition) is 8. The number of nitrogens with one attached hydrogen (secondary N) is 3. The molecule has 0 bridgehead atoms. The highest BCUT2D eigenvalue weighted by Gasteiger charge is 2.26. The van der Waals surface area contributed by atoms with Crippen LogP contribution in [-0.2, 0) is 30.1 Å². The Morgan fingerprint density at radius 1 is 0.808 bits per heavy atom. The van der Waals surface area contributed by atoms with Crippen LogP contribution in [0, 0.1) is 6.92 Å². The quantitative estimate of drug-likeness (QED) is 0.116. The lowest BCUT2D eigenvalue weighted by atomic mass is 9.92. The Bertz CT molecular complexity index is 2020. The molecule has 3 N–H and O–H groups in total. The Morgan fingerprint density at radius 2 is 1.48 bits per heavy atom. The Morgan fingerprint density at radius 3 is 2.10 bits per heavy atom. The largest absolute Gasteiger partial charge is 0.483 e. The number of amides is 3. The van der Waals surface area contributed by atoms with Gasteiger partial charge < -0.3 is 24.8 Å². The Hall–Kier alpha value is -5.30. The van der Waals surface area contributed by atoms with Gasteiger partial charge in [0.05, 0.1) is 17.1 Å².